The van der Waals surface area contributed by atoms with Gasteiger partial charge in [-0.05, 0) is 42.3 Å². The molecule has 2 aromatic rings. The van der Waals surface area contributed by atoms with Crippen molar-refractivity contribution in [2.45, 2.75) is 20.0 Å². The molecule has 0 saturated heterocycles. The summed E-state index contributed by atoms with van der Waals surface area (Å²) in [4.78, 5) is 16.0. The fraction of sp³-hybridized carbons (Fsp3) is 0.263. The third kappa shape index (κ3) is 6.12. The second-order valence-corrected chi connectivity index (χ2v) is 5.90. The SMILES string of the molecule is CCNC(=O)c1ccc(CNC(=NC)NCc2ccc(Cl)cc2)cc1. The summed E-state index contributed by atoms with van der Waals surface area (Å²) in [6.45, 7) is 3.81. The predicted octanol–water partition coefficient (Wildman–Crippen LogP) is 2.95. The predicted molar refractivity (Wildman–Crippen MR) is 103 cm³/mol. The third-order valence-corrected chi connectivity index (χ3v) is 3.86. The van der Waals surface area contributed by atoms with E-state index in [4.69, 9.17) is 11.6 Å². The number of amides is 1. The first-order valence-electron chi connectivity index (χ1n) is 8.18. The lowest BCUT2D eigenvalue weighted by Gasteiger charge is -2.12. The van der Waals surface area contributed by atoms with Crippen LogP contribution in [0.1, 0.15) is 28.4 Å². The van der Waals surface area contributed by atoms with Crippen molar-refractivity contribution in [2.75, 3.05) is 13.6 Å². The van der Waals surface area contributed by atoms with E-state index in [1.165, 1.54) is 0 Å². The van der Waals surface area contributed by atoms with Crippen molar-refractivity contribution in [3.8, 4) is 0 Å². The van der Waals surface area contributed by atoms with Gasteiger partial charge in [0.2, 0.25) is 0 Å². The highest BCUT2D eigenvalue weighted by Gasteiger charge is 2.04. The number of aliphatic imine (C=N–C) groups is 1. The highest BCUT2D eigenvalue weighted by molar-refractivity contribution is 6.30. The maximum Gasteiger partial charge on any atom is 0.251 e. The molecular weight excluding hydrogens is 336 g/mol. The van der Waals surface area contributed by atoms with Crippen molar-refractivity contribution < 1.29 is 4.79 Å². The number of benzene rings is 2. The van der Waals surface area contributed by atoms with Crippen LogP contribution in [-0.2, 0) is 13.1 Å². The summed E-state index contributed by atoms with van der Waals surface area (Å²) in [5, 5.41) is 10.0. The van der Waals surface area contributed by atoms with Crippen molar-refractivity contribution in [1.82, 2.24) is 16.0 Å². The molecule has 6 heteroatoms. The van der Waals surface area contributed by atoms with Crippen molar-refractivity contribution in [2.24, 2.45) is 4.99 Å². The van der Waals surface area contributed by atoms with Crippen LogP contribution in [-0.4, -0.2) is 25.5 Å². The first-order chi connectivity index (χ1) is 12.1. The molecule has 2 aromatic carbocycles. The zero-order chi connectivity index (χ0) is 18.1. The molecule has 0 aliphatic carbocycles. The molecule has 0 unspecified atom stereocenters. The number of carbonyl (C=O) groups is 1. The minimum absolute atomic E-state index is 0.0533. The van der Waals surface area contributed by atoms with Crippen LogP contribution in [0.15, 0.2) is 53.5 Å². The van der Waals surface area contributed by atoms with Gasteiger partial charge in [0.25, 0.3) is 5.91 Å². The van der Waals surface area contributed by atoms with E-state index in [1.807, 2.05) is 55.5 Å². The summed E-state index contributed by atoms with van der Waals surface area (Å²) in [5.74, 6) is 0.658. The average molecular weight is 359 g/mol. The van der Waals surface area contributed by atoms with Crippen LogP contribution in [0, 0.1) is 0 Å². The standard InChI is InChI=1S/C19H23ClN4O/c1-3-22-18(25)16-8-4-14(5-9-16)12-23-19(21-2)24-13-15-6-10-17(20)11-7-15/h4-11H,3,12-13H2,1-2H3,(H,22,25)(H2,21,23,24). The minimum atomic E-state index is -0.0533. The van der Waals surface area contributed by atoms with Crippen molar-refractivity contribution in [1.29, 1.82) is 0 Å². The number of guanidine groups is 1. The molecule has 0 radical (unpaired) electrons. The molecule has 3 N–H and O–H groups in total. The maximum absolute atomic E-state index is 11.7. The van der Waals surface area contributed by atoms with E-state index in [1.54, 1.807) is 7.05 Å². The molecule has 25 heavy (non-hydrogen) atoms. The van der Waals surface area contributed by atoms with Gasteiger partial charge in [-0.2, -0.15) is 0 Å². The molecular formula is C19H23ClN4O. The monoisotopic (exact) mass is 358 g/mol. The molecule has 0 aliphatic heterocycles. The molecule has 132 valence electrons. The maximum atomic E-state index is 11.7. The summed E-state index contributed by atoms with van der Waals surface area (Å²) < 4.78 is 0. The van der Waals surface area contributed by atoms with Gasteiger partial charge in [0.05, 0.1) is 0 Å². The fourth-order valence-electron chi connectivity index (χ4n) is 2.23. The zero-order valence-corrected chi connectivity index (χ0v) is 15.2. The van der Waals surface area contributed by atoms with Gasteiger partial charge < -0.3 is 16.0 Å². The van der Waals surface area contributed by atoms with Crippen molar-refractivity contribution >= 4 is 23.5 Å². The second-order valence-electron chi connectivity index (χ2n) is 5.46. The number of hydrogen-bond acceptors (Lipinski definition) is 2. The van der Waals surface area contributed by atoms with Crippen LogP contribution in [0.3, 0.4) is 0 Å². The van der Waals surface area contributed by atoms with Gasteiger partial charge >= 0.3 is 0 Å². The van der Waals surface area contributed by atoms with Crippen LogP contribution in [0.5, 0.6) is 0 Å². The Labute approximate surface area is 153 Å². The fourth-order valence-corrected chi connectivity index (χ4v) is 2.36. The van der Waals surface area contributed by atoms with Gasteiger partial charge in [-0.25, -0.2) is 0 Å². The molecule has 0 bridgehead atoms. The highest BCUT2D eigenvalue weighted by Crippen LogP contribution is 2.09. The van der Waals surface area contributed by atoms with Crippen LogP contribution in [0.4, 0.5) is 0 Å². The number of carbonyl (C=O) groups excluding carboxylic acids is 1. The molecule has 0 aromatic heterocycles. The van der Waals surface area contributed by atoms with Crippen LogP contribution in [0.2, 0.25) is 5.02 Å². The summed E-state index contributed by atoms with van der Waals surface area (Å²) in [6.07, 6.45) is 0. The summed E-state index contributed by atoms with van der Waals surface area (Å²) in [5.41, 5.74) is 2.86. The molecule has 0 heterocycles. The lowest BCUT2D eigenvalue weighted by Crippen LogP contribution is -2.36. The topological polar surface area (TPSA) is 65.5 Å². The van der Waals surface area contributed by atoms with E-state index in [0.717, 1.165) is 16.1 Å². The second kappa shape index (κ2) is 9.69. The molecule has 0 atom stereocenters. The van der Waals surface area contributed by atoms with Crippen molar-refractivity contribution in [3.05, 3.63) is 70.2 Å². The number of nitrogens with zero attached hydrogens (tertiary/aromatic N) is 1. The van der Waals surface area contributed by atoms with E-state index in [-0.39, 0.29) is 5.91 Å². The van der Waals surface area contributed by atoms with Crippen LogP contribution in [0.25, 0.3) is 0 Å². The van der Waals surface area contributed by atoms with E-state index in [0.29, 0.717) is 31.2 Å². The van der Waals surface area contributed by atoms with E-state index >= 15 is 0 Å². The lowest BCUT2D eigenvalue weighted by atomic mass is 10.1. The summed E-state index contributed by atoms with van der Waals surface area (Å²) in [7, 11) is 1.73. The normalized spacial score (nSPS) is 11.1. The molecule has 5 nitrogen and oxygen atoms in total. The lowest BCUT2D eigenvalue weighted by molar-refractivity contribution is 0.0956. The Hall–Kier alpha value is -2.53. The number of nitrogens with one attached hydrogen (secondary N) is 3. The first kappa shape index (κ1) is 18.8. The van der Waals surface area contributed by atoms with Gasteiger partial charge in [-0.3, -0.25) is 9.79 Å². The zero-order valence-electron chi connectivity index (χ0n) is 14.5. The molecule has 0 aliphatic rings. The van der Waals surface area contributed by atoms with Gasteiger partial charge in [0, 0.05) is 37.3 Å². The Balaban J connectivity index is 1.84. The van der Waals surface area contributed by atoms with Gasteiger partial charge in [-0.1, -0.05) is 35.9 Å². The summed E-state index contributed by atoms with van der Waals surface area (Å²) in [6, 6.07) is 15.2. The Bertz CT molecular complexity index is 711. The van der Waals surface area contributed by atoms with Crippen molar-refractivity contribution in [3.63, 3.8) is 0 Å². The molecule has 0 saturated carbocycles. The molecule has 0 spiro atoms. The largest absolute Gasteiger partial charge is 0.352 e. The smallest absolute Gasteiger partial charge is 0.251 e. The Morgan fingerprint density at radius 3 is 1.92 bits per heavy atom. The Kier molecular flexibility index (Phi) is 7.29. The van der Waals surface area contributed by atoms with Crippen LogP contribution >= 0.6 is 11.6 Å². The number of rotatable bonds is 6. The average Bonchev–Trinajstić information content (AvgIpc) is 2.64. The van der Waals surface area contributed by atoms with Crippen LogP contribution < -0.4 is 16.0 Å². The van der Waals surface area contributed by atoms with E-state index in [2.05, 4.69) is 20.9 Å². The van der Waals surface area contributed by atoms with Gasteiger partial charge in [0.15, 0.2) is 5.96 Å². The van der Waals surface area contributed by atoms with Gasteiger partial charge in [-0.15, -0.1) is 0 Å². The third-order valence-electron chi connectivity index (χ3n) is 3.61. The molecule has 1 amide bonds. The highest BCUT2D eigenvalue weighted by atomic mass is 35.5. The first-order valence-corrected chi connectivity index (χ1v) is 8.56. The van der Waals surface area contributed by atoms with E-state index < -0.39 is 0 Å². The molecule has 0 fully saturated rings. The quantitative estimate of drug-likeness (QED) is 0.549. The minimum Gasteiger partial charge on any atom is -0.352 e. The van der Waals surface area contributed by atoms with Gasteiger partial charge in [0.1, 0.15) is 0 Å². The summed E-state index contributed by atoms with van der Waals surface area (Å²) >= 11 is 5.89. The Morgan fingerprint density at radius 2 is 1.44 bits per heavy atom. The van der Waals surface area contributed by atoms with E-state index in [9.17, 15) is 4.79 Å². The molecule has 2 rings (SSSR count). The Morgan fingerprint density at radius 1 is 0.920 bits per heavy atom. The number of halogens is 1. The number of hydrogen-bond donors (Lipinski definition) is 3.